The van der Waals surface area contributed by atoms with E-state index in [-0.39, 0.29) is 10.8 Å². The van der Waals surface area contributed by atoms with Crippen molar-refractivity contribution in [1.29, 1.82) is 0 Å². The Bertz CT molecular complexity index is 1160. The van der Waals surface area contributed by atoms with Crippen LogP contribution in [0.2, 0.25) is 0 Å². The van der Waals surface area contributed by atoms with Gasteiger partial charge in [0.2, 0.25) is 0 Å². The minimum Gasteiger partial charge on any atom is -0.493 e. The van der Waals surface area contributed by atoms with Gasteiger partial charge in [0.25, 0.3) is 15.9 Å². The highest BCUT2D eigenvalue weighted by atomic mass is 32.2. The lowest BCUT2D eigenvalue weighted by Gasteiger charge is -2.12. The number of ether oxygens (including phenoxy) is 1. The third-order valence-corrected chi connectivity index (χ3v) is 5.86. The van der Waals surface area contributed by atoms with Gasteiger partial charge >= 0.3 is 0 Å². The fourth-order valence-corrected chi connectivity index (χ4v) is 4.11. The monoisotopic (exact) mass is 424 g/mol. The molecule has 7 heteroatoms. The number of anilines is 2. The maximum atomic E-state index is 12.7. The summed E-state index contributed by atoms with van der Waals surface area (Å²) in [6.07, 6.45) is 0. The largest absolute Gasteiger partial charge is 0.493 e. The molecule has 0 aliphatic carbocycles. The van der Waals surface area contributed by atoms with Crippen LogP contribution in [0.3, 0.4) is 0 Å². The molecule has 0 saturated heterocycles. The molecule has 0 radical (unpaired) electrons. The molecule has 0 unspecified atom stereocenters. The van der Waals surface area contributed by atoms with Crippen molar-refractivity contribution >= 4 is 27.3 Å². The summed E-state index contributed by atoms with van der Waals surface area (Å²) >= 11 is 0. The summed E-state index contributed by atoms with van der Waals surface area (Å²) in [7, 11) is -3.74. The first-order valence-electron chi connectivity index (χ1n) is 9.53. The van der Waals surface area contributed by atoms with Crippen LogP contribution in [-0.2, 0) is 10.0 Å². The van der Waals surface area contributed by atoms with Crippen LogP contribution >= 0.6 is 0 Å². The Morgan fingerprint density at radius 3 is 2.33 bits per heavy atom. The minimum atomic E-state index is -3.74. The number of carbonyl (C=O) groups excluding carboxylic acids is 1. The van der Waals surface area contributed by atoms with E-state index in [1.165, 1.54) is 12.1 Å². The molecule has 3 aromatic carbocycles. The summed E-state index contributed by atoms with van der Waals surface area (Å²) in [5, 5.41) is 2.77. The van der Waals surface area contributed by atoms with Gasteiger partial charge in [-0.1, -0.05) is 29.8 Å². The Labute approximate surface area is 177 Å². The number of sulfonamides is 1. The highest BCUT2D eigenvalue weighted by Crippen LogP contribution is 2.23. The molecule has 2 N–H and O–H groups in total. The lowest BCUT2D eigenvalue weighted by Crippen LogP contribution is -2.15. The Hall–Kier alpha value is -3.32. The zero-order valence-corrected chi connectivity index (χ0v) is 17.9. The third kappa shape index (κ3) is 4.99. The van der Waals surface area contributed by atoms with E-state index in [4.69, 9.17) is 4.74 Å². The molecule has 0 aliphatic rings. The molecule has 3 rings (SSSR count). The smallest absolute Gasteiger partial charge is 0.261 e. The van der Waals surface area contributed by atoms with E-state index in [0.717, 1.165) is 11.1 Å². The lowest BCUT2D eigenvalue weighted by molar-refractivity contribution is 0.102. The van der Waals surface area contributed by atoms with Gasteiger partial charge < -0.3 is 10.1 Å². The summed E-state index contributed by atoms with van der Waals surface area (Å²) in [6.45, 7) is 6.10. The maximum Gasteiger partial charge on any atom is 0.261 e. The van der Waals surface area contributed by atoms with Gasteiger partial charge in [-0.25, -0.2) is 8.42 Å². The summed E-state index contributed by atoms with van der Waals surface area (Å²) in [4.78, 5) is 12.7. The van der Waals surface area contributed by atoms with Gasteiger partial charge in [-0.05, 0) is 68.8 Å². The number of para-hydroxylation sites is 1. The number of rotatable bonds is 7. The van der Waals surface area contributed by atoms with Crippen molar-refractivity contribution in [2.75, 3.05) is 16.6 Å². The van der Waals surface area contributed by atoms with Crippen LogP contribution in [0.5, 0.6) is 5.75 Å². The number of benzene rings is 3. The lowest BCUT2D eigenvalue weighted by atomic mass is 10.1. The number of aryl methyl sites for hydroxylation is 2. The van der Waals surface area contributed by atoms with Crippen molar-refractivity contribution in [3.63, 3.8) is 0 Å². The number of hydrogen-bond acceptors (Lipinski definition) is 4. The second-order valence-electron chi connectivity index (χ2n) is 6.83. The van der Waals surface area contributed by atoms with Crippen LogP contribution in [0, 0.1) is 13.8 Å². The predicted molar refractivity (Wildman–Crippen MR) is 119 cm³/mol. The quantitative estimate of drug-likeness (QED) is 0.573. The summed E-state index contributed by atoms with van der Waals surface area (Å²) in [5.41, 5.74) is 3.33. The van der Waals surface area contributed by atoms with Crippen LogP contribution in [0.15, 0.2) is 71.6 Å². The van der Waals surface area contributed by atoms with Crippen molar-refractivity contribution < 1.29 is 17.9 Å². The van der Waals surface area contributed by atoms with E-state index in [2.05, 4.69) is 10.0 Å². The molecular weight excluding hydrogens is 400 g/mol. The maximum absolute atomic E-state index is 12.7. The number of carbonyl (C=O) groups is 1. The van der Waals surface area contributed by atoms with E-state index >= 15 is 0 Å². The zero-order valence-electron chi connectivity index (χ0n) is 17.1. The van der Waals surface area contributed by atoms with E-state index in [1.54, 1.807) is 42.5 Å². The molecule has 0 heterocycles. The van der Waals surface area contributed by atoms with Crippen molar-refractivity contribution in [3.8, 4) is 5.75 Å². The molecule has 1 amide bonds. The highest BCUT2D eigenvalue weighted by Gasteiger charge is 2.16. The average Bonchev–Trinajstić information content (AvgIpc) is 2.71. The van der Waals surface area contributed by atoms with E-state index in [0.29, 0.717) is 29.3 Å². The van der Waals surface area contributed by atoms with Crippen LogP contribution in [0.25, 0.3) is 0 Å². The first-order valence-corrected chi connectivity index (χ1v) is 11.0. The normalized spacial score (nSPS) is 11.0. The number of nitrogens with one attached hydrogen (secondary N) is 2. The first-order chi connectivity index (χ1) is 14.3. The zero-order chi connectivity index (χ0) is 21.7. The molecule has 0 aliphatic heterocycles. The van der Waals surface area contributed by atoms with Crippen LogP contribution in [0.4, 0.5) is 11.4 Å². The molecule has 6 nitrogen and oxygen atoms in total. The van der Waals surface area contributed by atoms with E-state index in [9.17, 15) is 13.2 Å². The summed E-state index contributed by atoms with van der Waals surface area (Å²) in [6, 6.07) is 18.5. The highest BCUT2D eigenvalue weighted by molar-refractivity contribution is 7.92. The molecular formula is C23H24N2O4S. The van der Waals surface area contributed by atoms with Gasteiger partial charge in [-0.15, -0.1) is 0 Å². The van der Waals surface area contributed by atoms with Crippen molar-refractivity contribution in [2.24, 2.45) is 0 Å². The number of hydrogen-bond donors (Lipinski definition) is 2. The van der Waals surface area contributed by atoms with Gasteiger partial charge in [0.05, 0.1) is 22.8 Å². The molecule has 3 aromatic rings. The summed E-state index contributed by atoms with van der Waals surface area (Å²) in [5.74, 6) is 0.164. The van der Waals surface area contributed by atoms with Crippen molar-refractivity contribution in [1.82, 2.24) is 0 Å². The van der Waals surface area contributed by atoms with Gasteiger partial charge in [0, 0.05) is 5.69 Å². The minimum absolute atomic E-state index is 0.107. The van der Waals surface area contributed by atoms with Crippen molar-refractivity contribution in [3.05, 3.63) is 83.4 Å². The predicted octanol–water partition coefficient (Wildman–Crippen LogP) is 4.76. The molecule has 30 heavy (non-hydrogen) atoms. The van der Waals surface area contributed by atoms with Crippen LogP contribution < -0.4 is 14.8 Å². The van der Waals surface area contributed by atoms with Crippen LogP contribution in [0.1, 0.15) is 28.4 Å². The molecule has 156 valence electrons. The molecule has 0 bridgehead atoms. The topological polar surface area (TPSA) is 84.5 Å². The first kappa shape index (κ1) is 21.4. The third-order valence-electron chi connectivity index (χ3n) is 4.48. The molecule has 0 fully saturated rings. The fourth-order valence-electron chi connectivity index (χ4n) is 2.98. The van der Waals surface area contributed by atoms with Crippen LogP contribution in [-0.4, -0.2) is 20.9 Å². The molecule has 0 atom stereocenters. The van der Waals surface area contributed by atoms with Gasteiger partial charge in [-0.3, -0.25) is 9.52 Å². The molecule has 0 aromatic heterocycles. The Balaban J connectivity index is 1.75. The summed E-state index contributed by atoms with van der Waals surface area (Å²) < 4.78 is 33.5. The average molecular weight is 425 g/mol. The molecule has 0 saturated carbocycles. The fraction of sp³-hybridized carbons (Fsp3) is 0.174. The Morgan fingerprint density at radius 1 is 0.967 bits per heavy atom. The Kier molecular flexibility index (Phi) is 6.42. The van der Waals surface area contributed by atoms with E-state index in [1.807, 2.05) is 32.9 Å². The van der Waals surface area contributed by atoms with Gasteiger partial charge in [-0.2, -0.15) is 0 Å². The van der Waals surface area contributed by atoms with E-state index < -0.39 is 10.0 Å². The van der Waals surface area contributed by atoms with Gasteiger partial charge in [0.15, 0.2) is 0 Å². The second-order valence-corrected chi connectivity index (χ2v) is 8.51. The second kappa shape index (κ2) is 9.00. The van der Waals surface area contributed by atoms with Crippen molar-refractivity contribution in [2.45, 2.75) is 25.7 Å². The standard InChI is InChI=1S/C23H24N2O4S/c1-4-29-22-8-6-5-7-20(22)23(26)24-18-10-12-19(13-11-18)30(27,28)25-21-14-9-16(2)15-17(21)3/h5-15,25H,4H2,1-3H3,(H,24,26). The molecule has 0 spiro atoms. The van der Waals surface area contributed by atoms with Gasteiger partial charge in [0.1, 0.15) is 5.75 Å². The Morgan fingerprint density at radius 2 is 1.67 bits per heavy atom. The SMILES string of the molecule is CCOc1ccccc1C(=O)Nc1ccc(S(=O)(=O)Nc2ccc(C)cc2C)cc1. The number of amides is 1.